The SMILES string of the molecule is Nc1nc2cc(CN(C(=O)c3cnn4ccccc34)c3cccc4c3S(=O)CC4)ccc2cc1F. The van der Waals surface area contributed by atoms with Gasteiger partial charge in [-0.05, 0) is 47.9 Å². The van der Waals surface area contributed by atoms with Crippen LogP contribution in [0.1, 0.15) is 21.5 Å². The number of carbonyl (C=O) groups excluding carboxylic acids is 1. The van der Waals surface area contributed by atoms with Crippen LogP contribution in [0.3, 0.4) is 0 Å². The van der Waals surface area contributed by atoms with E-state index >= 15 is 0 Å². The third-order valence-corrected chi connectivity index (χ3v) is 7.76. The predicted molar refractivity (Wildman–Crippen MR) is 133 cm³/mol. The second-order valence-electron chi connectivity index (χ2n) is 8.43. The van der Waals surface area contributed by atoms with Gasteiger partial charge in [0.2, 0.25) is 0 Å². The van der Waals surface area contributed by atoms with E-state index in [2.05, 4.69) is 10.1 Å². The molecular weight excluding hydrogens is 465 g/mol. The van der Waals surface area contributed by atoms with Crippen molar-refractivity contribution in [3.05, 3.63) is 95.6 Å². The monoisotopic (exact) mass is 485 g/mol. The summed E-state index contributed by atoms with van der Waals surface area (Å²) in [4.78, 5) is 20.5. The van der Waals surface area contributed by atoms with Crippen molar-refractivity contribution in [2.45, 2.75) is 17.9 Å². The number of hydrogen-bond acceptors (Lipinski definition) is 5. The third-order valence-electron chi connectivity index (χ3n) is 6.26. The summed E-state index contributed by atoms with van der Waals surface area (Å²) in [6, 6.07) is 17.9. The normalized spacial score (nSPS) is 14.9. The number of amides is 1. The highest BCUT2D eigenvalue weighted by Gasteiger charge is 2.29. The summed E-state index contributed by atoms with van der Waals surface area (Å²) < 4.78 is 28.4. The lowest BCUT2D eigenvalue weighted by Gasteiger charge is -2.25. The van der Waals surface area contributed by atoms with E-state index in [0.29, 0.717) is 44.7 Å². The lowest BCUT2D eigenvalue weighted by atomic mass is 10.1. The number of nitrogens with zero attached hydrogens (tertiary/aromatic N) is 4. The van der Waals surface area contributed by atoms with Crippen LogP contribution in [0.25, 0.3) is 16.4 Å². The van der Waals surface area contributed by atoms with Crippen LogP contribution < -0.4 is 10.6 Å². The summed E-state index contributed by atoms with van der Waals surface area (Å²) in [5.41, 5.74) is 9.72. The molecule has 0 bridgehead atoms. The van der Waals surface area contributed by atoms with Gasteiger partial charge in [-0.15, -0.1) is 0 Å². The molecule has 0 saturated heterocycles. The van der Waals surface area contributed by atoms with Gasteiger partial charge in [-0.25, -0.2) is 13.9 Å². The van der Waals surface area contributed by atoms with E-state index in [1.54, 1.807) is 33.9 Å². The molecule has 35 heavy (non-hydrogen) atoms. The van der Waals surface area contributed by atoms with Crippen LogP contribution in [-0.2, 0) is 23.8 Å². The number of fused-ring (bicyclic) bond motifs is 3. The first-order valence-electron chi connectivity index (χ1n) is 11.1. The Morgan fingerprint density at radius 3 is 2.91 bits per heavy atom. The maximum absolute atomic E-state index is 14.0. The molecule has 1 atom stereocenters. The Morgan fingerprint density at radius 2 is 2.03 bits per heavy atom. The van der Waals surface area contributed by atoms with Gasteiger partial charge in [-0.3, -0.25) is 9.00 Å². The van der Waals surface area contributed by atoms with Crippen molar-refractivity contribution >= 4 is 44.6 Å². The second-order valence-corrected chi connectivity index (χ2v) is 9.94. The minimum atomic E-state index is -1.19. The summed E-state index contributed by atoms with van der Waals surface area (Å²) >= 11 is 0. The van der Waals surface area contributed by atoms with Gasteiger partial charge < -0.3 is 10.6 Å². The Balaban J connectivity index is 1.48. The van der Waals surface area contributed by atoms with Crippen LogP contribution >= 0.6 is 0 Å². The molecule has 1 amide bonds. The topological polar surface area (TPSA) is 93.6 Å². The van der Waals surface area contributed by atoms with Crippen LogP contribution in [0.2, 0.25) is 0 Å². The predicted octanol–water partition coefficient (Wildman–Crippen LogP) is 4.11. The fourth-order valence-corrected chi connectivity index (χ4v) is 6.03. The smallest absolute Gasteiger partial charge is 0.262 e. The molecule has 7 nitrogen and oxygen atoms in total. The van der Waals surface area contributed by atoms with E-state index in [0.717, 1.165) is 11.1 Å². The van der Waals surface area contributed by atoms with Crippen molar-refractivity contribution in [3.8, 4) is 0 Å². The minimum Gasteiger partial charge on any atom is -0.381 e. The average molecular weight is 486 g/mol. The van der Waals surface area contributed by atoms with Gasteiger partial charge in [-0.1, -0.05) is 30.3 Å². The van der Waals surface area contributed by atoms with E-state index in [-0.39, 0.29) is 18.3 Å². The molecule has 5 aromatic rings. The number of carbonyl (C=O) groups is 1. The van der Waals surface area contributed by atoms with Crippen molar-refractivity contribution in [2.24, 2.45) is 0 Å². The first-order valence-corrected chi connectivity index (χ1v) is 12.4. The maximum atomic E-state index is 14.0. The van der Waals surface area contributed by atoms with Crippen LogP contribution in [-0.4, -0.2) is 30.5 Å². The fraction of sp³-hybridized carbons (Fsp3) is 0.115. The Hall–Kier alpha value is -4.11. The molecule has 0 radical (unpaired) electrons. The zero-order chi connectivity index (χ0) is 24.1. The highest BCUT2D eigenvalue weighted by atomic mass is 32.2. The highest BCUT2D eigenvalue weighted by Crippen LogP contribution is 2.35. The Morgan fingerprint density at radius 1 is 1.14 bits per heavy atom. The summed E-state index contributed by atoms with van der Waals surface area (Å²) in [5.74, 6) is -0.464. The Bertz CT molecular complexity index is 1670. The number of rotatable bonds is 4. The number of benzene rings is 2. The number of aryl methyl sites for hydroxylation is 1. The molecule has 0 spiro atoms. The standard InChI is InChI=1S/C26H20FN5O2S/c27-20-13-18-8-7-16(12-21(18)30-25(20)28)15-31(23-6-3-4-17-9-11-35(34)24(17)23)26(33)19-14-29-32-10-2-1-5-22(19)32/h1-8,10,12-14H,9,11,15H2,(H2,28,30). The zero-order valence-corrected chi connectivity index (χ0v) is 19.3. The number of halogens is 1. The Kier molecular flexibility index (Phi) is 5.07. The van der Waals surface area contributed by atoms with Crippen molar-refractivity contribution in [1.82, 2.24) is 14.6 Å². The molecule has 4 heterocycles. The summed E-state index contributed by atoms with van der Waals surface area (Å²) in [6.07, 6.45) is 4.04. The molecule has 0 saturated carbocycles. The van der Waals surface area contributed by atoms with Crippen molar-refractivity contribution in [1.29, 1.82) is 0 Å². The van der Waals surface area contributed by atoms with Gasteiger partial charge in [0.25, 0.3) is 5.91 Å². The molecule has 2 N–H and O–H groups in total. The maximum Gasteiger partial charge on any atom is 0.262 e. The average Bonchev–Trinajstić information content (AvgIpc) is 3.47. The van der Waals surface area contributed by atoms with Gasteiger partial charge in [0.15, 0.2) is 11.6 Å². The van der Waals surface area contributed by atoms with E-state index in [4.69, 9.17) is 5.73 Å². The molecule has 0 aliphatic carbocycles. The quantitative estimate of drug-likeness (QED) is 0.413. The second kappa shape index (κ2) is 8.28. The number of nitrogens with two attached hydrogens (primary N) is 1. The molecule has 6 rings (SSSR count). The largest absolute Gasteiger partial charge is 0.381 e. The number of hydrogen-bond donors (Lipinski definition) is 1. The van der Waals surface area contributed by atoms with E-state index in [9.17, 15) is 13.4 Å². The van der Waals surface area contributed by atoms with Crippen molar-refractivity contribution in [2.75, 3.05) is 16.4 Å². The van der Waals surface area contributed by atoms with Crippen LogP contribution in [0.15, 0.2) is 78.0 Å². The molecule has 174 valence electrons. The summed E-state index contributed by atoms with van der Waals surface area (Å²) in [6.45, 7) is 0.200. The van der Waals surface area contributed by atoms with Gasteiger partial charge in [0.1, 0.15) is 0 Å². The molecule has 1 unspecified atom stereocenters. The number of nitrogen functional groups attached to an aromatic ring is 1. The number of aromatic nitrogens is 3. The lowest BCUT2D eigenvalue weighted by Crippen LogP contribution is -2.31. The van der Waals surface area contributed by atoms with Crippen LogP contribution in [0.4, 0.5) is 15.9 Å². The van der Waals surface area contributed by atoms with Crippen LogP contribution in [0, 0.1) is 5.82 Å². The van der Waals surface area contributed by atoms with E-state index in [1.165, 1.54) is 6.07 Å². The van der Waals surface area contributed by atoms with Gasteiger partial charge in [0.05, 0.1) is 50.7 Å². The zero-order valence-electron chi connectivity index (χ0n) is 18.5. The molecule has 0 fully saturated rings. The molecule has 3 aromatic heterocycles. The third kappa shape index (κ3) is 3.64. The fourth-order valence-electron chi connectivity index (χ4n) is 4.54. The van der Waals surface area contributed by atoms with Gasteiger partial charge >= 0.3 is 0 Å². The van der Waals surface area contributed by atoms with Crippen molar-refractivity contribution < 1.29 is 13.4 Å². The van der Waals surface area contributed by atoms with Gasteiger partial charge in [-0.2, -0.15) is 5.10 Å². The molecule has 1 aliphatic rings. The molecular formula is C26H20FN5O2S. The number of pyridine rings is 2. The van der Waals surface area contributed by atoms with Crippen LogP contribution in [0.5, 0.6) is 0 Å². The summed E-state index contributed by atoms with van der Waals surface area (Å²) in [7, 11) is -1.19. The van der Waals surface area contributed by atoms with E-state index < -0.39 is 16.6 Å². The highest BCUT2D eigenvalue weighted by molar-refractivity contribution is 7.85. The first-order chi connectivity index (χ1) is 17.0. The minimum absolute atomic E-state index is 0.176. The van der Waals surface area contributed by atoms with Crippen molar-refractivity contribution in [3.63, 3.8) is 0 Å². The molecule has 1 aliphatic heterocycles. The molecule has 9 heteroatoms. The molecule has 2 aromatic carbocycles. The Labute approximate surface area is 202 Å². The van der Waals surface area contributed by atoms with E-state index in [1.807, 2.05) is 42.5 Å². The van der Waals surface area contributed by atoms with Gasteiger partial charge in [0, 0.05) is 17.3 Å². The lowest BCUT2D eigenvalue weighted by molar-refractivity contribution is 0.0986. The summed E-state index contributed by atoms with van der Waals surface area (Å²) in [5, 5.41) is 4.93. The number of anilines is 2. The first kappa shape index (κ1) is 21.4.